The average molecular weight is 209 g/mol. The topological polar surface area (TPSA) is 36.7 Å². The van der Waals surface area contributed by atoms with E-state index >= 15 is 0 Å². The van der Waals surface area contributed by atoms with Gasteiger partial charge in [0.1, 0.15) is 11.4 Å². The summed E-state index contributed by atoms with van der Waals surface area (Å²) in [6, 6.07) is 0. The molecule has 0 spiro atoms. The van der Waals surface area contributed by atoms with Gasteiger partial charge in [0.2, 0.25) is 0 Å². The van der Waals surface area contributed by atoms with Gasteiger partial charge in [-0.3, -0.25) is 0 Å². The van der Waals surface area contributed by atoms with Crippen LogP contribution in [-0.2, 0) is 13.0 Å². The summed E-state index contributed by atoms with van der Waals surface area (Å²) in [5.41, 5.74) is 3.46. The molecule has 0 bridgehead atoms. The second kappa shape index (κ2) is 5.10. The minimum atomic E-state index is 0.0201. The van der Waals surface area contributed by atoms with Crippen LogP contribution in [0.2, 0.25) is 0 Å². The van der Waals surface area contributed by atoms with E-state index in [2.05, 4.69) is 18.8 Å². The molecule has 0 aliphatic rings. The molecule has 3 nitrogen and oxygen atoms in total. The van der Waals surface area contributed by atoms with Crippen LogP contribution in [0.15, 0.2) is 4.79 Å². The van der Waals surface area contributed by atoms with Crippen molar-refractivity contribution >= 4 is 0 Å². The lowest BCUT2D eigenvalue weighted by molar-refractivity contribution is -0.720. The maximum Gasteiger partial charge on any atom is 0.496 e. The maximum atomic E-state index is 11.7. The van der Waals surface area contributed by atoms with E-state index in [-0.39, 0.29) is 5.69 Å². The Hall–Kier alpha value is -1.12. The Balaban J connectivity index is 3.28. The van der Waals surface area contributed by atoms with Crippen molar-refractivity contribution < 1.29 is 4.57 Å². The second-order valence-corrected chi connectivity index (χ2v) is 4.02. The van der Waals surface area contributed by atoms with Gasteiger partial charge in [0.25, 0.3) is 0 Å². The third-order valence-corrected chi connectivity index (χ3v) is 2.78. The highest BCUT2D eigenvalue weighted by Gasteiger charge is 2.15. The average Bonchev–Trinajstić information content (AvgIpc) is 2.19. The minimum absolute atomic E-state index is 0.0201. The van der Waals surface area contributed by atoms with Crippen molar-refractivity contribution in [3.05, 3.63) is 27.4 Å². The molecule has 1 N–H and O–H groups in total. The third-order valence-electron chi connectivity index (χ3n) is 2.78. The first-order valence-electron chi connectivity index (χ1n) is 5.74. The number of H-pyrrole nitrogens is 1. The Morgan fingerprint density at radius 3 is 2.40 bits per heavy atom. The van der Waals surface area contributed by atoms with Crippen LogP contribution in [0.25, 0.3) is 0 Å². The lowest BCUT2D eigenvalue weighted by Crippen LogP contribution is -2.54. The van der Waals surface area contributed by atoms with Gasteiger partial charge in [-0.05, 0) is 26.7 Å². The van der Waals surface area contributed by atoms with E-state index in [9.17, 15) is 4.79 Å². The van der Waals surface area contributed by atoms with E-state index < -0.39 is 0 Å². The number of hydrogen-bond acceptors (Lipinski definition) is 1. The molecule has 0 amide bonds. The molecule has 1 aromatic rings. The quantitative estimate of drug-likeness (QED) is 0.752. The van der Waals surface area contributed by atoms with E-state index in [1.54, 1.807) is 0 Å². The molecule has 3 heteroatoms. The summed E-state index contributed by atoms with van der Waals surface area (Å²) in [5.74, 6) is 0. The van der Waals surface area contributed by atoms with E-state index in [1.165, 1.54) is 5.56 Å². The molecule has 0 radical (unpaired) electrons. The molecule has 1 heterocycles. The smallest absolute Gasteiger partial charge is 0.208 e. The van der Waals surface area contributed by atoms with Crippen LogP contribution in [0.3, 0.4) is 0 Å². The van der Waals surface area contributed by atoms with E-state index in [1.807, 2.05) is 18.4 Å². The van der Waals surface area contributed by atoms with E-state index in [4.69, 9.17) is 0 Å². The Morgan fingerprint density at radius 2 is 1.87 bits per heavy atom. The zero-order chi connectivity index (χ0) is 11.4. The van der Waals surface area contributed by atoms with Gasteiger partial charge in [-0.1, -0.05) is 20.3 Å². The SMILES string of the molecule is CCCc1c(C)[nH]c(=O)[n+](CCC)c1C. The lowest BCUT2D eigenvalue weighted by Gasteiger charge is -2.08. The number of aromatic amines is 1. The number of nitrogens with zero attached hydrogens (tertiary/aromatic N) is 1. The fourth-order valence-corrected chi connectivity index (χ4v) is 2.00. The Kier molecular flexibility index (Phi) is 4.06. The highest BCUT2D eigenvalue weighted by atomic mass is 16.1. The van der Waals surface area contributed by atoms with Crippen molar-refractivity contribution in [2.75, 3.05) is 0 Å². The van der Waals surface area contributed by atoms with E-state index in [0.29, 0.717) is 0 Å². The first-order valence-corrected chi connectivity index (χ1v) is 5.74. The van der Waals surface area contributed by atoms with Gasteiger partial charge in [0, 0.05) is 5.56 Å². The summed E-state index contributed by atoms with van der Waals surface area (Å²) < 4.78 is 1.85. The van der Waals surface area contributed by atoms with Crippen molar-refractivity contribution in [1.29, 1.82) is 0 Å². The summed E-state index contributed by atoms with van der Waals surface area (Å²) in [7, 11) is 0. The number of aryl methyl sites for hydroxylation is 1. The number of nitrogens with one attached hydrogen (secondary N) is 1. The molecule has 0 fully saturated rings. The Bertz CT molecular complexity index is 393. The third kappa shape index (κ3) is 2.46. The molecule has 1 rings (SSSR count). The standard InChI is InChI=1S/C12H20N2O/c1-5-7-11-9(3)13-12(15)14(8-6-2)10(11)4/h5-8H2,1-4H3/p+1. The highest BCUT2D eigenvalue weighted by molar-refractivity contribution is 5.19. The number of aromatic nitrogens is 2. The van der Waals surface area contributed by atoms with E-state index in [0.717, 1.165) is 37.2 Å². The van der Waals surface area contributed by atoms with Crippen LogP contribution >= 0.6 is 0 Å². The molecule has 0 aromatic carbocycles. The van der Waals surface area contributed by atoms with Crippen LogP contribution < -0.4 is 10.3 Å². The van der Waals surface area contributed by atoms with Crippen molar-refractivity contribution in [3.8, 4) is 0 Å². The van der Waals surface area contributed by atoms with Gasteiger partial charge >= 0.3 is 5.69 Å². The molecular formula is C12H21N2O+. The fourth-order valence-electron chi connectivity index (χ4n) is 2.00. The van der Waals surface area contributed by atoms with Crippen molar-refractivity contribution in [1.82, 2.24) is 4.98 Å². The predicted octanol–water partition coefficient (Wildman–Crippen LogP) is 1.64. The normalized spacial score (nSPS) is 10.7. The minimum Gasteiger partial charge on any atom is -0.208 e. The molecule has 0 aliphatic carbocycles. The van der Waals surface area contributed by atoms with Gasteiger partial charge in [-0.2, -0.15) is 9.36 Å². The molecule has 0 saturated heterocycles. The van der Waals surface area contributed by atoms with Crippen molar-refractivity contribution in [3.63, 3.8) is 0 Å². The van der Waals surface area contributed by atoms with Crippen LogP contribution in [0.1, 0.15) is 43.6 Å². The number of hydrogen-bond donors (Lipinski definition) is 1. The van der Waals surface area contributed by atoms with Gasteiger partial charge in [-0.15, -0.1) is 0 Å². The zero-order valence-electron chi connectivity index (χ0n) is 10.2. The molecule has 0 saturated carbocycles. The molecule has 0 unspecified atom stereocenters. The second-order valence-electron chi connectivity index (χ2n) is 4.02. The summed E-state index contributed by atoms with van der Waals surface area (Å²) in [6.07, 6.45) is 3.14. The Labute approximate surface area is 91.2 Å². The molecule has 0 aliphatic heterocycles. The summed E-state index contributed by atoms with van der Waals surface area (Å²) in [6.45, 7) is 9.08. The largest absolute Gasteiger partial charge is 0.496 e. The summed E-state index contributed by atoms with van der Waals surface area (Å²) in [4.78, 5) is 14.6. The lowest BCUT2D eigenvalue weighted by atomic mass is 10.1. The summed E-state index contributed by atoms with van der Waals surface area (Å²) in [5, 5.41) is 0. The Morgan fingerprint density at radius 1 is 1.20 bits per heavy atom. The highest BCUT2D eigenvalue weighted by Crippen LogP contribution is 2.08. The van der Waals surface area contributed by atoms with Gasteiger partial charge in [0.05, 0.1) is 6.54 Å². The number of rotatable bonds is 4. The molecule has 15 heavy (non-hydrogen) atoms. The van der Waals surface area contributed by atoms with Gasteiger partial charge in [0.15, 0.2) is 0 Å². The molecular weight excluding hydrogens is 188 g/mol. The first kappa shape index (κ1) is 12.0. The molecule has 0 atom stereocenters. The van der Waals surface area contributed by atoms with Crippen LogP contribution in [-0.4, -0.2) is 4.98 Å². The first-order chi connectivity index (χ1) is 7.11. The van der Waals surface area contributed by atoms with Crippen LogP contribution in [0, 0.1) is 13.8 Å². The molecule has 84 valence electrons. The fraction of sp³-hybridized carbons (Fsp3) is 0.667. The van der Waals surface area contributed by atoms with Crippen LogP contribution in [0.5, 0.6) is 0 Å². The monoisotopic (exact) mass is 209 g/mol. The molecule has 1 aromatic heterocycles. The predicted molar refractivity (Wildman–Crippen MR) is 61.0 cm³/mol. The van der Waals surface area contributed by atoms with Crippen LogP contribution in [0.4, 0.5) is 0 Å². The van der Waals surface area contributed by atoms with Gasteiger partial charge < -0.3 is 0 Å². The summed E-state index contributed by atoms with van der Waals surface area (Å²) >= 11 is 0. The zero-order valence-corrected chi connectivity index (χ0v) is 10.2. The van der Waals surface area contributed by atoms with Gasteiger partial charge in [-0.25, -0.2) is 4.98 Å². The van der Waals surface area contributed by atoms with Crippen molar-refractivity contribution in [2.45, 2.75) is 53.5 Å². The van der Waals surface area contributed by atoms with Crippen molar-refractivity contribution in [2.24, 2.45) is 0 Å². The maximum absolute atomic E-state index is 11.7.